The van der Waals surface area contributed by atoms with E-state index in [0.717, 1.165) is 12.8 Å². The molecular weight excluding hydrogens is 427 g/mol. The number of hydrogen-bond donors (Lipinski definition) is 1. The van der Waals surface area contributed by atoms with E-state index in [9.17, 15) is 14.7 Å². The summed E-state index contributed by atoms with van der Waals surface area (Å²) in [6.45, 7) is 4.89. The maximum Gasteiger partial charge on any atom is 2.00 e. The zero-order valence-corrected chi connectivity index (χ0v) is 16.8. The zero-order chi connectivity index (χ0) is 15.1. The molecule has 0 spiro atoms. The molecule has 7 heteroatoms. The molecular formula is C15H32O4S2Sn. The van der Waals surface area contributed by atoms with Gasteiger partial charge in [0.15, 0.2) is 0 Å². The van der Waals surface area contributed by atoms with Gasteiger partial charge in [-0.15, -0.1) is 0 Å². The van der Waals surface area contributed by atoms with Crippen LogP contribution in [0.4, 0.5) is 0 Å². The molecule has 0 aliphatic rings. The Hall–Kier alpha value is 0.439. The van der Waals surface area contributed by atoms with Gasteiger partial charge in [0.25, 0.3) is 0 Å². The standard InChI is InChI=1S/C11H22O2S.C2H4O2S.2CH4.Sn/c1-3-5-6-10(4-2)9-13-11(12)7-8-14;3-2(4)1-5;;;/h10,14H,3-9H2,1-2H3;5H,1H2,(H,3,4);2*1H4;/q;;;;+2/p-2. The van der Waals surface area contributed by atoms with Crippen molar-refractivity contribution >= 4 is 61.1 Å². The summed E-state index contributed by atoms with van der Waals surface area (Å²) in [7, 11) is 0. The van der Waals surface area contributed by atoms with Gasteiger partial charge in [0, 0.05) is 12.2 Å². The van der Waals surface area contributed by atoms with Gasteiger partial charge in [0.1, 0.15) is 0 Å². The topological polar surface area (TPSA) is 66.4 Å². The second-order valence-electron chi connectivity index (χ2n) is 4.08. The summed E-state index contributed by atoms with van der Waals surface area (Å²) < 4.78 is 5.13. The van der Waals surface area contributed by atoms with E-state index in [0.29, 0.717) is 24.7 Å². The average Bonchev–Trinajstić information content (AvgIpc) is 2.40. The first-order valence-electron chi connectivity index (χ1n) is 6.56. The monoisotopic (exact) mass is 460 g/mol. The van der Waals surface area contributed by atoms with Crippen molar-refractivity contribution in [1.82, 2.24) is 0 Å². The fraction of sp³-hybridized carbons (Fsp3) is 0.867. The minimum Gasteiger partial charge on any atom is -0.792 e. The van der Waals surface area contributed by atoms with Crippen molar-refractivity contribution in [1.29, 1.82) is 0 Å². The molecule has 0 fully saturated rings. The molecule has 1 unspecified atom stereocenters. The first kappa shape index (κ1) is 33.9. The van der Waals surface area contributed by atoms with Crippen LogP contribution in [0.3, 0.4) is 0 Å². The quantitative estimate of drug-likeness (QED) is 0.248. The van der Waals surface area contributed by atoms with Crippen LogP contribution in [0, 0.1) is 5.92 Å². The summed E-state index contributed by atoms with van der Waals surface area (Å²) in [5, 5.41) is 9.18. The first-order valence-corrected chi connectivity index (χ1v) is 7.77. The van der Waals surface area contributed by atoms with Crippen molar-refractivity contribution in [3.8, 4) is 0 Å². The van der Waals surface area contributed by atoms with E-state index in [1.807, 2.05) is 0 Å². The molecule has 0 N–H and O–H groups in total. The maximum atomic E-state index is 11.0. The molecule has 4 nitrogen and oxygen atoms in total. The minimum atomic E-state index is -1.13. The number of thiol groups is 1. The van der Waals surface area contributed by atoms with Crippen LogP contribution in [-0.4, -0.2) is 54.0 Å². The van der Waals surface area contributed by atoms with E-state index in [1.165, 1.54) is 12.8 Å². The van der Waals surface area contributed by atoms with Gasteiger partial charge in [-0.25, -0.2) is 0 Å². The number of carbonyl (C=O) groups is 2. The van der Waals surface area contributed by atoms with Gasteiger partial charge in [-0.05, 0) is 12.3 Å². The summed E-state index contributed by atoms with van der Waals surface area (Å²) in [6, 6.07) is 0. The third-order valence-corrected chi connectivity index (χ3v) is 2.92. The predicted molar refractivity (Wildman–Crippen MR) is 99.2 cm³/mol. The van der Waals surface area contributed by atoms with Crippen molar-refractivity contribution in [3.05, 3.63) is 0 Å². The molecule has 132 valence electrons. The molecule has 0 aromatic heterocycles. The van der Waals surface area contributed by atoms with Crippen molar-refractivity contribution in [2.45, 2.75) is 60.8 Å². The molecule has 0 rings (SSSR count). The predicted octanol–water partition coefficient (Wildman–Crippen LogP) is 2.24. The Morgan fingerprint density at radius 3 is 2.09 bits per heavy atom. The van der Waals surface area contributed by atoms with Gasteiger partial charge in [0.05, 0.1) is 12.6 Å². The van der Waals surface area contributed by atoms with Gasteiger partial charge in [-0.3, -0.25) is 4.79 Å². The van der Waals surface area contributed by atoms with Crippen LogP contribution in [0.1, 0.15) is 60.8 Å². The van der Waals surface area contributed by atoms with E-state index in [2.05, 4.69) is 26.5 Å². The smallest absolute Gasteiger partial charge is 0.792 e. The van der Waals surface area contributed by atoms with Crippen LogP contribution in [0.25, 0.3) is 0 Å². The number of carboxylic acids is 1. The number of unbranched alkanes of at least 4 members (excludes halogenated alkanes) is 1. The third-order valence-electron chi connectivity index (χ3n) is 2.46. The Morgan fingerprint density at radius 2 is 1.77 bits per heavy atom. The fourth-order valence-corrected chi connectivity index (χ4v) is 1.43. The number of rotatable bonds is 9. The molecule has 0 bridgehead atoms. The Balaban J connectivity index is -0.000000105. The van der Waals surface area contributed by atoms with Crippen LogP contribution in [0.5, 0.6) is 0 Å². The maximum absolute atomic E-state index is 11.0. The second-order valence-corrected chi connectivity index (χ2v) is 4.81. The number of esters is 1. The molecule has 22 heavy (non-hydrogen) atoms. The van der Waals surface area contributed by atoms with E-state index in [4.69, 9.17) is 17.4 Å². The number of ether oxygens (including phenoxy) is 1. The number of carboxylic acid groups (broad SMARTS) is 1. The molecule has 0 aliphatic carbocycles. The summed E-state index contributed by atoms with van der Waals surface area (Å²) in [4.78, 5) is 20.2. The van der Waals surface area contributed by atoms with Crippen molar-refractivity contribution in [3.63, 3.8) is 0 Å². The van der Waals surface area contributed by atoms with Crippen molar-refractivity contribution in [2.24, 2.45) is 5.92 Å². The van der Waals surface area contributed by atoms with Crippen LogP contribution in [0.2, 0.25) is 0 Å². The summed E-state index contributed by atoms with van der Waals surface area (Å²) in [6.07, 6.45) is 5.04. The summed E-state index contributed by atoms with van der Waals surface area (Å²) >= 11 is 8.06. The minimum absolute atomic E-state index is 0. The molecule has 0 aromatic carbocycles. The van der Waals surface area contributed by atoms with Gasteiger partial charge >= 0.3 is 29.9 Å². The van der Waals surface area contributed by atoms with Gasteiger partial charge in [0.2, 0.25) is 0 Å². The Kier molecular flexibility index (Phi) is 40.6. The molecule has 0 amide bonds. The van der Waals surface area contributed by atoms with Gasteiger partial charge in [-0.2, -0.15) is 18.4 Å². The normalized spacial score (nSPS) is 9.64. The Morgan fingerprint density at radius 1 is 1.27 bits per heavy atom. The Labute approximate surface area is 164 Å². The molecule has 2 radical (unpaired) electrons. The summed E-state index contributed by atoms with van der Waals surface area (Å²) in [5.41, 5.74) is 0. The van der Waals surface area contributed by atoms with Crippen LogP contribution in [0.15, 0.2) is 0 Å². The SMILES string of the molecule is C.C.CCCCC(CC)COC(=O)CC[S-].O=C([O-])CS.[Sn+2]. The number of hydrogen-bond acceptors (Lipinski definition) is 6. The molecule has 1 atom stereocenters. The van der Waals surface area contributed by atoms with Crippen LogP contribution >= 0.6 is 12.6 Å². The molecule has 0 aliphatic heterocycles. The van der Waals surface area contributed by atoms with Crippen LogP contribution in [-0.2, 0) is 27.0 Å². The Bertz CT molecular complexity index is 242. The number of aliphatic carboxylic acids is 1. The summed E-state index contributed by atoms with van der Waals surface area (Å²) in [5.74, 6) is -0.475. The van der Waals surface area contributed by atoms with Crippen molar-refractivity contribution < 1.29 is 19.4 Å². The molecule has 0 saturated carbocycles. The van der Waals surface area contributed by atoms with Gasteiger partial charge < -0.3 is 27.3 Å². The number of carbonyl (C=O) groups excluding carboxylic acids is 2. The fourth-order valence-electron chi connectivity index (χ4n) is 1.26. The second kappa shape index (κ2) is 26.3. The van der Waals surface area contributed by atoms with E-state index in [-0.39, 0.29) is 50.5 Å². The molecule has 0 heterocycles. The molecule has 0 saturated heterocycles. The average molecular weight is 459 g/mol. The third kappa shape index (κ3) is 28.6. The largest absolute Gasteiger partial charge is 2.00 e. The molecule has 0 aromatic rings. The van der Waals surface area contributed by atoms with E-state index < -0.39 is 5.97 Å². The zero-order valence-electron chi connectivity index (χ0n) is 12.2. The van der Waals surface area contributed by atoms with Crippen molar-refractivity contribution in [2.75, 3.05) is 18.1 Å². The van der Waals surface area contributed by atoms with E-state index in [1.54, 1.807) is 0 Å². The first-order chi connectivity index (χ1) is 9.01. The van der Waals surface area contributed by atoms with E-state index >= 15 is 0 Å². The van der Waals surface area contributed by atoms with Crippen LogP contribution < -0.4 is 5.11 Å². The van der Waals surface area contributed by atoms with Gasteiger partial charge in [-0.1, -0.05) is 48.0 Å².